The van der Waals surface area contributed by atoms with Crippen molar-refractivity contribution in [2.45, 2.75) is 25.9 Å². The zero-order valence-corrected chi connectivity index (χ0v) is 22.4. The Labute approximate surface area is 227 Å². The number of carbonyl (C=O) groups is 1. The van der Waals surface area contributed by atoms with E-state index in [1.54, 1.807) is 25.5 Å². The molecule has 1 amide bonds. The number of nitrogens with two attached hydrogens (primary N) is 1. The minimum absolute atomic E-state index is 0.196. The smallest absolute Gasteiger partial charge is 0.300 e. The van der Waals surface area contributed by atoms with Gasteiger partial charge in [0.2, 0.25) is 5.65 Å². The van der Waals surface area contributed by atoms with E-state index >= 15 is 0 Å². The van der Waals surface area contributed by atoms with Gasteiger partial charge in [-0.2, -0.15) is 4.98 Å². The van der Waals surface area contributed by atoms with Crippen molar-refractivity contribution < 1.29 is 13.9 Å². The third kappa shape index (κ3) is 6.02. The summed E-state index contributed by atoms with van der Waals surface area (Å²) in [5.41, 5.74) is 8.42. The Morgan fingerprint density at radius 1 is 1.21 bits per heavy atom. The fourth-order valence-electron chi connectivity index (χ4n) is 4.78. The fourth-order valence-corrected chi connectivity index (χ4v) is 4.78. The van der Waals surface area contributed by atoms with Gasteiger partial charge in [-0.25, -0.2) is 9.97 Å². The number of pyridine rings is 2. The fraction of sp³-hybridized carbons (Fsp3) is 0.444. The van der Waals surface area contributed by atoms with E-state index in [0.717, 1.165) is 52.1 Å². The highest BCUT2D eigenvalue weighted by Gasteiger charge is 2.27. The van der Waals surface area contributed by atoms with Crippen LogP contribution in [0.1, 0.15) is 35.8 Å². The average Bonchev–Trinajstić information content (AvgIpc) is 3.41. The second kappa shape index (κ2) is 12.2. The van der Waals surface area contributed by atoms with Crippen molar-refractivity contribution >= 4 is 46.6 Å². The van der Waals surface area contributed by atoms with Gasteiger partial charge < -0.3 is 35.3 Å². The van der Waals surface area contributed by atoms with Gasteiger partial charge in [-0.1, -0.05) is 6.07 Å². The number of carbonyl (C=O) groups excluding carboxylic acids is 1. The van der Waals surface area contributed by atoms with Gasteiger partial charge in [0.15, 0.2) is 5.58 Å². The summed E-state index contributed by atoms with van der Waals surface area (Å²) in [7, 11) is 1.73. The lowest BCUT2D eigenvalue weighted by Crippen LogP contribution is -2.43. The Bertz CT molecular complexity index is 1360. The number of hydrogen-bond acceptors (Lipinski definition) is 11. The highest BCUT2D eigenvalue weighted by molar-refractivity contribution is 6.10. The van der Waals surface area contributed by atoms with Crippen molar-refractivity contribution in [3.05, 3.63) is 41.7 Å². The van der Waals surface area contributed by atoms with E-state index in [1.165, 1.54) is 6.20 Å². The quantitative estimate of drug-likeness (QED) is 0.368. The molecule has 3 aromatic heterocycles. The molecule has 0 spiro atoms. The summed E-state index contributed by atoms with van der Waals surface area (Å²) >= 11 is 0. The molecule has 12 heteroatoms. The molecule has 39 heavy (non-hydrogen) atoms. The van der Waals surface area contributed by atoms with Crippen LogP contribution >= 0.6 is 0 Å². The van der Waals surface area contributed by atoms with E-state index < -0.39 is 0 Å². The number of fused-ring (bicyclic) bond motifs is 1. The van der Waals surface area contributed by atoms with Gasteiger partial charge in [0, 0.05) is 77.0 Å². The number of aromatic nitrogens is 3. The Morgan fingerprint density at radius 3 is 2.72 bits per heavy atom. The first-order chi connectivity index (χ1) is 19.1. The van der Waals surface area contributed by atoms with Gasteiger partial charge in [-0.3, -0.25) is 9.79 Å². The van der Waals surface area contributed by atoms with Gasteiger partial charge in [-0.05, 0) is 31.9 Å². The first-order valence-corrected chi connectivity index (χ1v) is 13.3. The number of nitrogens with one attached hydrogen (secondary N) is 2. The highest BCUT2D eigenvalue weighted by Crippen LogP contribution is 2.30. The Morgan fingerprint density at radius 2 is 2.00 bits per heavy atom. The molecule has 0 saturated carbocycles. The van der Waals surface area contributed by atoms with Crippen LogP contribution in [0.15, 0.2) is 39.9 Å². The maximum Gasteiger partial charge on any atom is 0.300 e. The number of anilines is 3. The topological polar surface area (TPSA) is 147 Å². The van der Waals surface area contributed by atoms with Crippen LogP contribution in [0.3, 0.4) is 0 Å². The van der Waals surface area contributed by atoms with Gasteiger partial charge in [0.05, 0.1) is 17.4 Å². The summed E-state index contributed by atoms with van der Waals surface area (Å²) in [6.45, 7) is 7.31. The molecular weight excluding hydrogens is 498 g/mol. The standard InChI is InChI=1S/C27H35N9O3/c1-3-29-17-18(16-28)21-5-4-6-23(31-21)32-26(37)20-15-22-24(34-27(39-22)36-13-9-30-10-14-36)33-25(20)35-11-7-19(38-2)8-12-35/h4-6,15-17,19,30H,3,7-14,28H2,1-2H3,(H,31,32,37)/b18-16+,29-17?. The van der Waals surface area contributed by atoms with Crippen LogP contribution in [0.25, 0.3) is 16.8 Å². The predicted octanol–water partition coefficient (Wildman–Crippen LogP) is 2.29. The molecule has 2 aliphatic rings. The molecule has 0 atom stereocenters. The third-order valence-electron chi connectivity index (χ3n) is 6.94. The summed E-state index contributed by atoms with van der Waals surface area (Å²) in [5.74, 6) is 0.631. The lowest BCUT2D eigenvalue weighted by Gasteiger charge is -2.32. The number of nitrogens with zero attached hydrogens (tertiary/aromatic N) is 6. The summed E-state index contributed by atoms with van der Waals surface area (Å²) in [6.07, 6.45) is 5.01. The second-order valence-corrected chi connectivity index (χ2v) is 9.45. The number of piperazine rings is 1. The van der Waals surface area contributed by atoms with Gasteiger partial charge >= 0.3 is 0 Å². The molecule has 0 bridgehead atoms. The number of aliphatic imine (C=N–C) groups is 1. The SMILES string of the molecule is CCN=C/C(=C\N)c1cccc(NC(=O)c2cc3oc(N4CCNCC4)nc3nc2N2CCC(OC)CC2)n1. The number of hydrogen-bond donors (Lipinski definition) is 3. The van der Waals surface area contributed by atoms with Crippen LogP contribution in [0.2, 0.25) is 0 Å². The van der Waals surface area contributed by atoms with E-state index in [-0.39, 0.29) is 12.0 Å². The molecule has 0 aromatic carbocycles. The van der Waals surface area contributed by atoms with E-state index in [9.17, 15) is 4.79 Å². The molecule has 2 aliphatic heterocycles. The maximum atomic E-state index is 13.7. The van der Waals surface area contributed by atoms with E-state index in [4.69, 9.17) is 19.9 Å². The normalized spacial score (nSPS) is 17.3. The zero-order chi connectivity index (χ0) is 27.2. The van der Waals surface area contributed by atoms with Crippen molar-refractivity contribution in [2.24, 2.45) is 10.7 Å². The summed E-state index contributed by atoms with van der Waals surface area (Å²) < 4.78 is 11.6. The third-order valence-corrected chi connectivity index (χ3v) is 6.94. The molecule has 0 aliphatic carbocycles. The lowest BCUT2D eigenvalue weighted by molar-refractivity contribution is 0.0817. The number of ether oxygens (including phenoxy) is 1. The Hall–Kier alpha value is -4.03. The molecule has 2 fully saturated rings. The molecule has 2 saturated heterocycles. The highest BCUT2D eigenvalue weighted by atomic mass is 16.5. The summed E-state index contributed by atoms with van der Waals surface area (Å²) in [4.78, 5) is 36.2. The number of amides is 1. The Balaban J connectivity index is 1.47. The largest absolute Gasteiger partial charge is 0.422 e. The van der Waals surface area contributed by atoms with Crippen molar-refractivity contribution in [3.8, 4) is 0 Å². The lowest BCUT2D eigenvalue weighted by atomic mass is 10.1. The maximum absolute atomic E-state index is 13.7. The van der Waals surface area contributed by atoms with Crippen LogP contribution in [-0.2, 0) is 4.74 Å². The molecule has 206 valence electrons. The number of oxazole rings is 1. The van der Waals surface area contributed by atoms with E-state index in [2.05, 4.69) is 35.4 Å². The van der Waals surface area contributed by atoms with Crippen molar-refractivity contribution in [1.82, 2.24) is 20.3 Å². The minimum Gasteiger partial charge on any atom is -0.422 e. The van der Waals surface area contributed by atoms with Crippen molar-refractivity contribution in [1.29, 1.82) is 0 Å². The number of rotatable bonds is 8. The van der Waals surface area contributed by atoms with Crippen LogP contribution in [-0.4, -0.2) is 86.1 Å². The number of allylic oxidation sites excluding steroid dienone is 1. The first kappa shape index (κ1) is 26.6. The summed E-state index contributed by atoms with van der Waals surface area (Å²) in [6, 6.07) is 7.62. The molecule has 0 radical (unpaired) electrons. The average molecular weight is 534 g/mol. The monoisotopic (exact) mass is 533 g/mol. The number of methoxy groups -OCH3 is 1. The minimum atomic E-state index is -0.335. The van der Waals surface area contributed by atoms with Gasteiger partial charge in [0.25, 0.3) is 11.9 Å². The molecule has 5 rings (SSSR count). The van der Waals surface area contributed by atoms with Crippen LogP contribution < -0.4 is 26.2 Å². The molecule has 3 aromatic rings. The summed E-state index contributed by atoms with van der Waals surface area (Å²) in [5, 5.41) is 6.26. The number of piperidine rings is 1. The molecule has 4 N–H and O–H groups in total. The molecule has 5 heterocycles. The Kier molecular flexibility index (Phi) is 8.33. The van der Waals surface area contributed by atoms with Crippen molar-refractivity contribution in [3.63, 3.8) is 0 Å². The van der Waals surface area contributed by atoms with Crippen LogP contribution in [0.5, 0.6) is 0 Å². The second-order valence-electron chi connectivity index (χ2n) is 9.45. The van der Waals surface area contributed by atoms with Gasteiger partial charge in [0.1, 0.15) is 11.6 Å². The van der Waals surface area contributed by atoms with E-state index in [0.29, 0.717) is 52.3 Å². The van der Waals surface area contributed by atoms with E-state index in [1.807, 2.05) is 19.1 Å². The van der Waals surface area contributed by atoms with Crippen molar-refractivity contribution in [2.75, 3.05) is 68.0 Å². The predicted molar refractivity (Wildman–Crippen MR) is 153 cm³/mol. The molecule has 12 nitrogen and oxygen atoms in total. The van der Waals surface area contributed by atoms with Gasteiger partial charge in [-0.15, -0.1) is 0 Å². The molecule has 0 unspecified atom stereocenters. The van der Waals surface area contributed by atoms with Crippen LogP contribution in [0.4, 0.5) is 17.7 Å². The molecular formula is C27H35N9O3. The van der Waals surface area contributed by atoms with Crippen LogP contribution in [0, 0.1) is 0 Å². The zero-order valence-electron chi connectivity index (χ0n) is 22.4. The first-order valence-electron chi connectivity index (χ1n) is 13.3.